The molecule has 3 aromatic carbocycles. The zero-order valence-electron chi connectivity index (χ0n) is 20.2. The van der Waals surface area contributed by atoms with Crippen molar-refractivity contribution in [2.24, 2.45) is 0 Å². The Bertz CT molecular complexity index is 1060. The lowest BCUT2D eigenvalue weighted by Gasteiger charge is -2.21. The molecule has 3 aromatic rings. The Hall–Kier alpha value is -2.59. The van der Waals surface area contributed by atoms with E-state index in [2.05, 4.69) is 67.3 Å². The summed E-state index contributed by atoms with van der Waals surface area (Å²) in [5.41, 5.74) is 7.19. The van der Waals surface area contributed by atoms with Crippen molar-refractivity contribution in [1.29, 1.82) is 0 Å². The number of benzene rings is 3. The highest BCUT2D eigenvalue weighted by Gasteiger charge is 2.25. The van der Waals surface area contributed by atoms with Crippen LogP contribution in [0, 0.1) is 0 Å². The minimum Gasteiger partial charge on any atom is -0.508 e. The molecule has 0 spiro atoms. The molecular formula is C30H36ClNO2. The van der Waals surface area contributed by atoms with E-state index >= 15 is 0 Å². The molecular weight excluding hydrogens is 442 g/mol. The molecule has 34 heavy (non-hydrogen) atoms. The van der Waals surface area contributed by atoms with Gasteiger partial charge in [-0.25, -0.2) is 0 Å². The maximum atomic E-state index is 9.87. The quantitative estimate of drug-likeness (QED) is 0.353. The monoisotopic (exact) mass is 477 g/mol. The molecule has 1 saturated heterocycles. The average molecular weight is 478 g/mol. The van der Waals surface area contributed by atoms with Crippen LogP contribution >= 0.6 is 12.4 Å². The predicted octanol–water partition coefficient (Wildman–Crippen LogP) is 6.74. The van der Waals surface area contributed by atoms with Crippen LogP contribution in [0.15, 0.2) is 78.9 Å². The summed E-state index contributed by atoms with van der Waals surface area (Å²) in [6, 6.07) is 27.6. The third-order valence-corrected chi connectivity index (χ3v) is 6.79. The molecule has 180 valence electrons. The molecule has 3 nitrogen and oxygen atoms in total. The van der Waals surface area contributed by atoms with Crippen molar-refractivity contribution in [1.82, 2.24) is 4.90 Å². The summed E-state index contributed by atoms with van der Waals surface area (Å²) in [4.78, 5) is 2.56. The molecule has 0 aliphatic carbocycles. The van der Waals surface area contributed by atoms with Crippen LogP contribution in [-0.4, -0.2) is 40.9 Å². The van der Waals surface area contributed by atoms with E-state index in [9.17, 15) is 10.2 Å². The van der Waals surface area contributed by atoms with Crippen molar-refractivity contribution >= 4 is 23.6 Å². The van der Waals surface area contributed by atoms with Gasteiger partial charge < -0.3 is 15.1 Å². The van der Waals surface area contributed by atoms with Gasteiger partial charge in [0.25, 0.3) is 0 Å². The molecule has 1 heterocycles. The molecule has 1 unspecified atom stereocenters. The molecule has 0 radical (unpaired) electrons. The molecule has 1 atom stereocenters. The molecule has 0 aromatic heterocycles. The smallest absolute Gasteiger partial charge is 0.115 e. The van der Waals surface area contributed by atoms with E-state index in [4.69, 9.17) is 0 Å². The fraction of sp³-hybridized carbons (Fsp3) is 0.333. The van der Waals surface area contributed by atoms with Crippen LogP contribution in [0.3, 0.4) is 0 Å². The minimum absolute atomic E-state index is 0. The topological polar surface area (TPSA) is 43.7 Å². The Labute approximate surface area is 210 Å². The van der Waals surface area contributed by atoms with Gasteiger partial charge in [-0.15, -0.1) is 12.4 Å². The first-order chi connectivity index (χ1) is 16.1. The second-order valence-corrected chi connectivity index (χ2v) is 9.29. The first-order valence-corrected chi connectivity index (χ1v) is 12.1. The van der Waals surface area contributed by atoms with E-state index < -0.39 is 0 Å². The van der Waals surface area contributed by atoms with Gasteiger partial charge in [-0.1, -0.05) is 66.7 Å². The van der Waals surface area contributed by atoms with E-state index in [1.165, 1.54) is 35.2 Å². The predicted molar refractivity (Wildman–Crippen MR) is 145 cm³/mol. The number of aliphatic hydroxyl groups excluding tert-OH is 1. The summed E-state index contributed by atoms with van der Waals surface area (Å²) in [6.45, 7) is 7.01. The van der Waals surface area contributed by atoms with Crippen molar-refractivity contribution in [2.45, 2.75) is 45.1 Å². The van der Waals surface area contributed by atoms with Gasteiger partial charge in [0.2, 0.25) is 0 Å². The molecule has 0 saturated carbocycles. The Morgan fingerprint density at radius 3 is 2.06 bits per heavy atom. The largest absolute Gasteiger partial charge is 0.508 e. The number of aliphatic hydroxyl groups is 1. The standard InChI is InChI=1S/C30H35NO2.ClH/c1-22(2)31-19-18-27(21-31)23-10-12-25(13-11-23)30(26-14-16-28(33)17-15-26)29(9-6-20-32)24-7-4-3-5-8-24;/h3-5,7-8,10-17,22,27,32-33H,6,9,18-21H2,1-2H3;1H/b30-29+;. The van der Waals surface area contributed by atoms with E-state index in [0.29, 0.717) is 18.4 Å². The maximum absolute atomic E-state index is 9.87. The van der Waals surface area contributed by atoms with Crippen molar-refractivity contribution in [3.63, 3.8) is 0 Å². The number of phenolic OH excluding ortho intramolecular Hbond substituents is 1. The number of hydrogen-bond acceptors (Lipinski definition) is 3. The minimum atomic E-state index is 0. The molecule has 1 fully saturated rings. The molecule has 1 aliphatic rings. The maximum Gasteiger partial charge on any atom is 0.115 e. The second kappa shape index (κ2) is 12.2. The SMILES string of the molecule is CC(C)N1CCC(c2ccc(/C(=C(/CCCO)c3ccccc3)c3ccc(O)cc3)cc2)C1.Cl. The van der Waals surface area contributed by atoms with E-state index in [-0.39, 0.29) is 24.8 Å². The second-order valence-electron chi connectivity index (χ2n) is 9.29. The van der Waals surface area contributed by atoms with Gasteiger partial charge in [-0.2, -0.15) is 0 Å². The van der Waals surface area contributed by atoms with Gasteiger partial charge >= 0.3 is 0 Å². The summed E-state index contributed by atoms with van der Waals surface area (Å²) < 4.78 is 0. The number of aromatic hydroxyl groups is 1. The number of likely N-dealkylation sites (tertiary alicyclic amines) is 1. The van der Waals surface area contributed by atoms with Crippen LogP contribution in [0.5, 0.6) is 5.75 Å². The lowest BCUT2D eigenvalue weighted by Crippen LogP contribution is -2.27. The number of halogens is 1. The summed E-state index contributed by atoms with van der Waals surface area (Å²) in [5, 5.41) is 19.5. The fourth-order valence-corrected chi connectivity index (χ4v) is 4.90. The Balaban J connectivity index is 0.00000324. The summed E-state index contributed by atoms with van der Waals surface area (Å²) in [5.74, 6) is 0.853. The van der Waals surface area contributed by atoms with E-state index in [1.807, 2.05) is 18.2 Å². The van der Waals surface area contributed by atoms with Crippen LogP contribution in [-0.2, 0) is 0 Å². The zero-order chi connectivity index (χ0) is 23.2. The van der Waals surface area contributed by atoms with Crippen LogP contribution in [0.1, 0.15) is 61.3 Å². The third kappa shape index (κ3) is 6.09. The number of allylic oxidation sites excluding steroid dienone is 1. The molecule has 4 rings (SSSR count). The Morgan fingerprint density at radius 2 is 1.50 bits per heavy atom. The lowest BCUT2D eigenvalue weighted by atomic mass is 9.86. The van der Waals surface area contributed by atoms with Gasteiger partial charge in [-0.3, -0.25) is 0 Å². The van der Waals surface area contributed by atoms with Gasteiger partial charge in [0, 0.05) is 19.2 Å². The summed E-state index contributed by atoms with van der Waals surface area (Å²) >= 11 is 0. The first kappa shape index (κ1) is 26.0. The highest BCUT2D eigenvalue weighted by atomic mass is 35.5. The van der Waals surface area contributed by atoms with Crippen LogP contribution < -0.4 is 0 Å². The van der Waals surface area contributed by atoms with Crippen LogP contribution in [0.2, 0.25) is 0 Å². The van der Waals surface area contributed by atoms with Gasteiger partial charge in [0.1, 0.15) is 5.75 Å². The van der Waals surface area contributed by atoms with Gasteiger partial charge in [0.15, 0.2) is 0 Å². The summed E-state index contributed by atoms with van der Waals surface area (Å²) in [6.07, 6.45) is 2.70. The van der Waals surface area contributed by atoms with Crippen molar-refractivity contribution < 1.29 is 10.2 Å². The number of rotatable bonds is 8. The third-order valence-electron chi connectivity index (χ3n) is 6.79. The highest BCUT2D eigenvalue weighted by Crippen LogP contribution is 2.37. The first-order valence-electron chi connectivity index (χ1n) is 12.1. The molecule has 0 amide bonds. The van der Waals surface area contributed by atoms with Gasteiger partial charge in [-0.05, 0) is 91.1 Å². The molecule has 0 bridgehead atoms. The van der Waals surface area contributed by atoms with Crippen molar-refractivity contribution in [2.75, 3.05) is 19.7 Å². The fourth-order valence-electron chi connectivity index (χ4n) is 4.90. The molecule has 1 aliphatic heterocycles. The number of hydrogen-bond donors (Lipinski definition) is 2. The van der Waals surface area contributed by atoms with Crippen LogP contribution in [0.25, 0.3) is 11.1 Å². The van der Waals surface area contributed by atoms with Gasteiger partial charge in [0.05, 0.1) is 0 Å². The number of phenols is 1. The highest BCUT2D eigenvalue weighted by molar-refractivity contribution is 5.98. The van der Waals surface area contributed by atoms with Crippen LogP contribution in [0.4, 0.5) is 0 Å². The van der Waals surface area contributed by atoms with E-state index in [0.717, 1.165) is 24.1 Å². The zero-order valence-corrected chi connectivity index (χ0v) is 21.0. The average Bonchev–Trinajstić information content (AvgIpc) is 3.34. The van der Waals surface area contributed by atoms with Crippen molar-refractivity contribution in [3.8, 4) is 5.75 Å². The number of nitrogens with zero attached hydrogens (tertiary/aromatic N) is 1. The Kier molecular flexibility index (Phi) is 9.35. The molecule has 4 heteroatoms. The van der Waals surface area contributed by atoms with E-state index in [1.54, 1.807) is 12.1 Å². The normalized spacial score (nSPS) is 16.9. The molecule has 2 N–H and O–H groups in total. The Morgan fingerprint density at radius 1 is 0.882 bits per heavy atom. The summed E-state index contributed by atoms with van der Waals surface area (Å²) in [7, 11) is 0. The van der Waals surface area contributed by atoms with Crippen molar-refractivity contribution in [3.05, 3.63) is 101 Å². The lowest BCUT2D eigenvalue weighted by molar-refractivity contribution is 0.272.